The molecule has 1 saturated carbocycles. The van der Waals surface area contributed by atoms with E-state index in [-0.39, 0.29) is 23.8 Å². The van der Waals surface area contributed by atoms with E-state index in [0.717, 1.165) is 24.8 Å². The number of nitrogens with zero attached hydrogens (tertiary/aromatic N) is 4. The molecule has 1 amide bonds. The second kappa shape index (κ2) is 14.3. The molecule has 7 N–H and O–H groups in total. The van der Waals surface area contributed by atoms with Crippen molar-refractivity contribution in [3.63, 3.8) is 0 Å². The molecule has 0 unspecified atom stereocenters. The standard InChI is InChI=1S/C23H26N8O2.C4H9N/c24-18(17-5-1-2-6-20(17)33)15-19(23(25)26)30-11-4-12-31(14-13-30)22-8-10-28-21(29-22)7-3-9-27-16-32;1-5-4-2-3-4/h1-2,5-6,8,10,15-16,24,33H,4,9,11-14H2,(H3,25,26)(H,27,32);4-5H,2-3H2,1H3/b19-15+,24-18?;. The number of aromatic hydroxyl groups is 1. The van der Waals surface area contributed by atoms with Crippen LogP contribution in [0.3, 0.4) is 0 Å². The third-order valence-electron chi connectivity index (χ3n) is 6.01. The molecule has 2 aliphatic rings. The highest BCUT2D eigenvalue weighted by Crippen LogP contribution is 2.20. The van der Waals surface area contributed by atoms with Crippen LogP contribution in [0.1, 0.15) is 30.7 Å². The molecule has 0 spiro atoms. The Bertz CT molecular complexity index is 1210. The van der Waals surface area contributed by atoms with Gasteiger partial charge >= 0.3 is 0 Å². The Kier molecular flexibility index (Phi) is 10.6. The van der Waals surface area contributed by atoms with Gasteiger partial charge in [0.05, 0.1) is 18.0 Å². The Morgan fingerprint density at radius 3 is 2.66 bits per heavy atom. The van der Waals surface area contributed by atoms with E-state index in [9.17, 15) is 9.90 Å². The number of amides is 1. The number of carbonyl (C=O) groups excluding carboxylic acids is 1. The van der Waals surface area contributed by atoms with E-state index in [1.165, 1.54) is 25.0 Å². The van der Waals surface area contributed by atoms with E-state index in [1.54, 1.807) is 24.4 Å². The van der Waals surface area contributed by atoms with Crippen molar-refractivity contribution in [2.24, 2.45) is 5.73 Å². The smallest absolute Gasteiger partial charge is 0.207 e. The summed E-state index contributed by atoms with van der Waals surface area (Å²) in [5.41, 5.74) is 6.77. The first-order valence-electron chi connectivity index (χ1n) is 12.5. The zero-order valence-electron chi connectivity index (χ0n) is 21.6. The first kappa shape index (κ1) is 28.1. The SMILES string of the molecule is CNC1CC1.N=C(N)/C(=C\C(=N)c1ccccc1O)N1CCCN(c2ccnc(C#CCNC=O)n2)CC1. The number of hydrogen-bond acceptors (Lipinski definition) is 9. The van der Waals surface area contributed by atoms with Crippen molar-refractivity contribution in [3.05, 3.63) is 59.7 Å². The van der Waals surface area contributed by atoms with E-state index >= 15 is 0 Å². The number of amidine groups is 1. The molecule has 1 aromatic carbocycles. The lowest BCUT2D eigenvalue weighted by Gasteiger charge is -2.26. The van der Waals surface area contributed by atoms with E-state index in [1.807, 2.05) is 18.0 Å². The van der Waals surface area contributed by atoms with Gasteiger partial charge in [0.2, 0.25) is 12.2 Å². The number of nitrogens with one attached hydrogen (secondary N) is 4. The fourth-order valence-electron chi connectivity index (χ4n) is 3.82. The number of para-hydroxylation sites is 1. The Labute approximate surface area is 223 Å². The summed E-state index contributed by atoms with van der Waals surface area (Å²) in [6.45, 7) is 2.84. The minimum absolute atomic E-state index is 0.00768. The number of nitrogens with two attached hydrogens (primary N) is 1. The fourth-order valence-corrected chi connectivity index (χ4v) is 3.82. The zero-order valence-corrected chi connectivity index (χ0v) is 21.6. The predicted molar refractivity (Wildman–Crippen MR) is 148 cm³/mol. The second-order valence-electron chi connectivity index (χ2n) is 8.80. The summed E-state index contributed by atoms with van der Waals surface area (Å²) < 4.78 is 0. The number of phenols is 1. The average molecular weight is 518 g/mol. The summed E-state index contributed by atoms with van der Waals surface area (Å²) in [6.07, 6.45) is 7.36. The lowest BCUT2D eigenvalue weighted by molar-refractivity contribution is -0.109. The molecule has 1 aliphatic heterocycles. The Hall–Kier alpha value is -4.43. The molecule has 11 nitrogen and oxygen atoms in total. The van der Waals surface area contributed by atoms with Crippen LogP contribution < -0.4 is 21.3 Å². The summed E-state index contributed by atoms with van der Waals surface area (Å²) in [6, 6.07) is 9.31. The predicted octanol–water partition coefficient (Wildman–Crippen LogP) is 1.05. The van der Waals surface area contributed by atoms with Gasteiger partial charge in [-0.1, -0.05) is 18.1 Å². The molecule has 38 heavy (non-hydrogen) atoms. The molecule has 1 saturated heterocycles. The number of phenolic OH excluding ortho intramolecular Hbond substituents is 1. The normalized spacial score (nSPS) is 15.2. The van der Waals surface area contributed by atoms with Crippen LogP contribution in [0.4, 0.5) is 5.82 Å². The molecule has 2 fully saturated rings. The third kappa shape index (κ3) is 8.60. The highest BCUT2D eigenvalue weighted by molar-refractivity contribution is 6.12. The van der Waals surface area contributed by atoms with Gasteiger partial charge in [0.25, 0.3) is 0 Å². The molecule has 1 aliphatic carbocycles. The number of rotatable bonds is 8. The molecule has 200 valence electrons. The lowest BCUT2D eigenvalue weighted by atomic mass is 10.1. The Balaban J connectivity index is 0.000000715. The maximum atomic E-state index is 10.3. The highest BCUT2D eigenvalue weighted by Gasteiger charge is 2.20. The molecule has 2 aromatic rings. The molecule has 2 heterocycles. The molecular formula is C27H35N9O2. The van der Waals surface area contributed by atoms with Gasteiger partial charge in [0, 0.05) is 44.0 Å². The second-order valence-corrected chi connectivity index (χ2v) is 8.80. The maximum absolute atomic E-state index is 10.3. The van der Waals surface area contributed by atoms with Gasteiger partial charge in [-0.05, 0) is 56.5 Å². The number of anilines is 1. The summed E-state index contributed by atoms with van der Waals surface area (Å²) in [4.78, 5) is 23.0. The first-order valence-corrected chi connectivity index (χ1v) is 12.5. The van der Waals surface area contributed by atoms with Crippen LogP contribution in [0.2, 0.25) is 0 Å². The number of allylic oxidation sites excluding steroid dienone is 1. The molecule has 1 aromatic heterocycles. The number of benzene rings is 1. The monoisotopic (exact) mass is 517 g/mol. The van der Waals surface area contributed by atoms with Crippen molar-refractivity contribution < 1.29 is 9.90 Å². The van der Waals surface area contributed by atoms with Crippen LogP contribution in [-0.2, 0) is 4.79 Å². The number of hydrogen-bond donors (Lipinski definition) is 6. The molecule has 0 radical (unpaired) electrons. The van der Waals surface area contributed by atoms with E-state index in [4.69, 9.17) is 16.6 Å². The van der Waals surface area contributed by atoms with Gasteiger partial charge < -0.3 is 36.7 Å². The van der Waals surface area contributed by atoms with Gasteiger partial charge in [-0.2, -0.15) is 0 Å². The van der Waals surface area contributed by atoms with Gasteiger partial charge in [-0.15, -0.1) is 0 Å². The minimum Gasteiger partial charge on any atom is -0.507 e. The molecule has 4 rings (SSSR count). The zero-order chi connectivity index (χ0) is 27.3. The average Bonchev–Trinajstić information content (AvgIpc) is 3.77. The van der Waals surface area contributed by atoms with Crippen LogP contribution in [-0.4, -0.2) is 83.7 Å². The minimum atomic E-state index is -0.132. The Morgan fingerprint density at radius 2 is 2.00 bits per heavy atom. The quantitative estimate of drug-likeness (QED) is 0.0993. The molecule has 0 atom stereocenters. The van der Waals surface area contributed by atoms with Gasteiger partial charge in [0.15, 0.2) is 0 Å². The Morgan fingerprint density at radius 1 is 1.21 bits per heavy atom. The maximum Gasteiger partial charge on any atom is 0.207 e. The van der Waals surface area contributed by atoms with E-state index < -0.39 is 0 Å². The van der Waals surface area contributed by atoms with Crippen molar-refractivity contribution in [1.29, 1.82) is 10.8 Å². The third-order valence-corrected chi connectivity index (χ3v) is 6.01. The van der Waals surface area contributed by atoms with Crippen molar-refractivity contribution in [2.45, 2.75) is 25.3 Å². The summed E-state index contributed by atoms with van der Waals surface area (Å²) in [7, 11) is 2.01. The van der Waals surface area contributed by atoms with Crippen LogP contribution in [0.5, 0.6) is 5.75 Å². The largest absolute Gasteiger partial charge is 0.507 e. The summed E-state index contributed by atoms with van der Waals surface area (Å²) >= 11 is 0. The van der Waals surface area contributed by atoms with Crippen LogP contribution in [0.15, 0.2) is 48.3 Å². The molecule has 0 bridgehead atoms. The van der Waals surface area contributed by atoms with Gasteiger partial charge in [-0.25, -0.2) is 9.97 Å². The summed E-state index contributed by atoms with van der Waals surface area (Å²) in [5.74, 6) is 6.62. The van der Waals surface area contributed by atoms with Crippen molar-refractivity contribution in [3.8, 4) is 17.6 Å². The van der Waals surface area contributed by atoms with Crippen LogP contribution in [0, 0.1) is 22.7 Å². The number of carbonyl (C=O) groups is 1. The fraction of sp³-hybridized carbons (Fsp3) is 0.370. The van der Waals surface area contributed by atoms with Crippen molar-refractivity contribution in [1.82, 2.24) is 25.5 Å². The molecule has 11 heteroatoms. The van der Waals surface area contributed by atoms with E-state index in [0.29, 0.717) is 43.1 Å². The van der Waals surface area contributed by atoms with E-state index in [2.05, 4.69) is 37.3 Å². The van der Waals surface area contributed by atoms with Crippen molar-refractivity contribution >= 4 is 23.8 Å². The van der Waals surface area contributed by atoms with Crippen LogP contribution >= 0.6 is 0 Å². The van der Waals surface area contributed by atoms with Crippen molar-refractivity contribution in [2.75, 3.05) is 44.7 Å². The summed E-state index contributed by atoms with van der Waals surface area (Å²) in [5, 5.41) is 32.0. The molecular weight excluding hydrogens is 482 g/mol. The number of aromatic nitrogens is 2. The van der Waals surface area contributed by atoms with Gasteiger partial charge in [0.1, 0.15) is 17.4 Å². The van der Waals surface area contributed by atoms with Crippen LogP contribution in [0.25, 0.3) is 0 Å². The van der Waals surface area contributed by atoms with Gasteiger partial charge in [-0.3, -0.25) is 10.2 Å². The highest BCUT2D eigenvalue weighted by atomic mass is 16.3. The lowest BCUT2D eigenvalue weighted by Crippen LogP contribution is -2.35. The topological polar surface area (TPSA) is 167 Å². The first-order chi connectivity index (χ1) is 18.4.